The molecule has 0 unspecified atom stereocenters. The Morgan fingerprint density at radius 2 is 2.04 bits per heavy atom. The number of fused-ring (bicyclic) bond motifs is 1. The number of halogens is 1. The quantitative estimate of drug-likeness (QED) is 0.732. The normalized spacial score (nSPS) is 15.3. The lowest BCUT2D eigenvalue weighted by atomic mass is 10.1. The Balaban J connectivity index is 1.86. The van der Waals surface area contributed by atoms with E-state index in [-0.39, 0.29) is 0 Å². The van der Waals surface area contributed by atoms with Crippen LogP contribution in [0.5, 0.6) is 0 Å². The lowest BCUT2D eigenvalue weighted by Gasteiger charge is -2.29. The van der Waals surface area contributed by atoms with Gasteiger partial charge in [0.1, 0.15) is 11.0 Å². The zero-order valence-electron chi connectivity index (χ0n) is 12.7. The van der Waals surface area contributed by atoms with Gasteiger partial charge in [-0.3, -0.25) is 5.10 Å². The van der Waals surface area contributed by atoms with Crippen molar-refractivity contribution in [3.05, 3.63) is 35.1 Å². The Bertz CT molecular complexity index is 857. The molecule has 0 atom stereocenters. The Kier molecular flexibility index (Phi) is 3.63. The fourth-order valence-corrected chi connectivity index (χ4v) is 3.01. The van der Waals surface area contributed by atoms with E-state index in [0.717, 1.165) is 40.9 Å². The molecule has 0 saturated carbocycles. The van der Waals surface area contributed by atoms with Gasteiger partial charge in [0.25, 0.3) is 0 Å². The largest absolute Gasteiger partial charge is 0.378 e. The van der Waals surface area contributed by atoms with E-state index in [9.17, 15) is 0 Å². The van der Waals surface area contributed by atoms with Gasteiger partial charge in [-0.1, -0.05) is 23.7 Å². The Morgan fingerprint density at radius 3 is 2.87 bits per heavy atom. The molecule has 1 saturated heterocycles. The first kappa shape index (κ1) is 14.4. The van der Waals surface area contributed by atoms with Crippen LogP contribution in [0, 0.1) is 6.92 Å². The molecule has 1 aliphatic rings. The highest BCUT2D eigenvalue weighted by atomic mass is 35.5. The summed E-state index contributed by atoms with van der Waals surface area (Å²) in [4.78, 5) is 11.5. The predicted octanol–water partition coefficient (Wildman–Crippen LogP) is 2.82. The van der Waals surface area contributed by atoms with Gasteiger partial charge in [0, 0.05) is 29.6 Å². The molecular formula is C16H16ClN5O. The highest BCUT2D eigenvalue weighted by Crippen LogP contribution is 2.30. The summed E-state index contributed by atoms with van der Waals surface area (Å²) in [5.41, 5.74) is 2.78. The monoisotopic (exact) mass is 329 g/mol. The Morgan fingerprint density at radius 1 is 1.22 bits per heavy atom. The number of H-pyrrole nitrogens is 1. The number of rotatable bonds is 2. The molecule has 2 aromatic heterocycles. The maximum Gasteiger partial charge on any atom is 0.163 e. The lowest BCUT2D eigenvalue weighted by Crippen LogP contribution is -2.37. The van der Waals surface area contributed by atoms with Crippen LogP contribution >= 0.6 is 11.6 Å². The van der Waals surface area contributed by atoms with Gasteiger partial charge in [0.2, 0.25) is 0 Å². The van der Waals surface area contributed by atoms with Gasteiger partial charge in [0.15, 0.2) is 5.82 Å². The van der Waals surface area contributed by atoms with E-state index in [2.05, 4.69) is 20.1 Å². The van der Waals surface area contributed by atoms with E-state index in [0.29, 0.717) is 24.2 Å². The van der Waals surface area contributed by atoms with Gasteiger partial charge < -0.3 is 9.64 Å². The molecule has 1 aliphatic heterocycles. The van der Waals surface area contributed by atoms with Crippen molar-refractivity contribution in [1.29, 1.82) is 0 Å². The second-order valence-electron chi connectivity index (χ2n) is 5.52. The average Bonchev–Trinajstić information content (AvgIpc) is 3.06. The molecule has 7 heteroatoms. The Labute approximate surface area is 138 Å². The summed E-state index contributed by atoms with van der Waals surface area (Å²) >= 11 is 6.38. The van der Waals surface area contributed by atoms with Crippen molar-refractivity contribution < 1.29 is 4.74 Å². The summed E-state index contributed by atoms with van der Waals surface area (Å²) in [6.07, 6.45) is 1.79. The third-order valence-electron chi connectivity index (χ3n) is 4.10. The van der Waals surface area contributed by atoms with Crippen molar-refractivity contribution in [1.82, 2.24) is 20.2 Å². The fraction of sp³-hybridized carbons (Fsp3) is 0.312. The molecule has 0 spiro atoms. The van der Waals surface area contributed by atoms with Gasteiger partial charge in [-0.05, 0) is 13.0 Å². The third-order valence-corrected chi connectivity index (χ3v) is 4.47. The Hall–Kier alpha value is -2.18. The first-order valence-electron chi connectivity index (χ1n) is 7.53. The van der Waals surface area contributed by atoms with Crippen molar-refractivity contribution >= 4 is 28.3 Å². The van der Waals surface area contributed by atoms with Crippen LogP contribution in [0.25, 0.3) is 22.3 Å². The summed E-state index contributed by atoms with van der Waals surface area (Å²) in [5.74, 6) is 1.50. The van der Waals surface area contributed by atoms with Crippen LogP contribution in [0.3, 0.4) is 0 Å². The lowest BCUT2D eigenvalue weighted by molar-refractivity contribution is 0.122. The summed E-state index contributed by atoms with van der Waals surface area (Å²) in [5, 5.41) is 8.54. The molecule has 23 heavy (non-hydrogen) atoms. The van der Waals surface area contributed by atoms with E-state index in [1.165, 1.54) is 0 Å². The highest BCUT2D eigenvalue weighted by Gasteiger charge is 2.19. The van der Waals surface area contributed by atoms with Crippen LogP contribution < -0.4 is 4.90 Å². The minimum Gasteiger partial charge on any atom is -0.378 e. The molecule has 0 radical (unpaired) electrons. The molecule has 3 heterocycles. The number of benzene rings is 1. The third kappa shape index (κ3) is 2.54. The van der Waals surface area contributed by atoms with Crippen LogP contribution in [-0.4, -0.2) is 46.5 Å². The SMILES string of the molecule is Cc1c(Cl)nc(-c2cccc3[nH]ncc23)nc1N1CCOCC1. The van der Waals surface area contributed by atoms with Crippen molar-refractivity contribution in [3.8, 4) is 11.4 Å². The maximum atomic E-state index is 6.38. The van der Waals surface area contributed by atoms with Crippen LogP contribution in [0.15, 0.2) is 24.4 Å². The van der Waals surface area contributed by atoms with Gasteiger partial charge in [-0.25, -0.2) is 9.97 Å². The number of morpholine rings is 1. The minimum atomic E-state index is 0.483. The van der Waals surface area contributed by atoms with E-state index in [1.54, 1.807) is 6.20 Å². The number of hydrogen-bond donors (Lipinski definition) is 1. The highest BCUT2D eigenvalue weighted by molar-refractivity contribution is 6.30. The average molecular weight is 330 g/mol. The molecule has 1 N–H and O–H groups in total. The van der Waals surface area contributed by atoms with E-state index in [4.69, 9.17) is 21.3 Å². The van der Waals surface area contributed by atoms with Crippen molar-refractivity contribution in [2.24, 2.45) is 0 Å². The molecule has 118 valence electrons. The number of aromatic amines is 1. The number of anilines is 1. The van der Waals surface area contributed by atoms with E-state index in [1.807, 2.05) is 25.1 Å². The predicted molar refractivity (Wildman–Crippen MR) is 89.9 cm³/mol. The number of nitrogens with one attached hydrogen (secondary N) is 1. The van der Waals surface area contributed by atoms with Gasteiger partial charge in [0.05, 0.1) is 24.9 Å². The molecule has 0 aliphatic carbocycles. The number of aromatic nitrogens is 4. The minimum absolute atomic E-state index is 0.483. The zero-order valence-corrected chi connectivity index (χ0v) is 13.5. The van der Waals surface area contributed by atoms with Crippen LogP contribution in [0.4, 0.5) is 5.82 Å². The van der Waals surface area contributed by atoms with E-state index < -0.39 is 0 Å². The van der Waals surface area contributed by atoms with Gasteiger partial charge in [-0.15, -0.1) is 0 Å². The van der Waals surface area contributed by atoms with Gasteiger partial charge >= 0.3 is 0 Å². The molecule has 6 nitrogen and oxygen atoms in total. The molecule has 4 rings (SSSR count). The number of hydrogen-bond acceptors (Lipinski definition) is 5. The molecule has 3 aromatic rings. The summed E-state index contributed by atoms with van der Waals surface area (Å²) in [6.45, 7) is 4.98. The molecular weight excluding hydrogens is 314 g/mol. The summed E-state index contributed by atoms with van der Waals surface area (Å²) < 4.78 is 5.42. The van der Waals surface area contributed by atoms with Crippen LogP contribution in [-0.2, 0) is 4.74 Å². The second-order valence-corrected chi connectivity index (χ2v) is 5.88. The second kappa shape index (κ2) is 5.79. The first-order chi connectivity index (χ1) is 11.2. The molecule has 0 amide bonds. The maximum absolute atomic E-state index is 6.38. The topological polar surface area (TPSA) is 66.9 Å². The van der Waals surface area contributed by atoms with Crippen molar-refractivity contribution in [2.45, 2.75) is 6.92 Å². The first-order valence-corrected chi connectivity index (χ1v) is 7.91. The number of nitrogens with zero attached hydrogens (tertiary/aromatic N) is 4. The molecule has 0 bridgehead atoms. The van der Waals surface area contributed by atoms with Crippen LogP contribution in [0.1, 0.15) is 5.56 Å². The standard InChI is InChI=1S/C16H16ClN5O/c1-10-14(17)19-15(20-16(10)22-5-7-23-8-6-22)11-3-2-4-13-12(11)9-18-21-13/h2-4,9H,5-8H2,1H3,(H,18,21). The smallest absolute Gasteiger partial charge is 0.163 e. The molecule has 1 fully saturated rings. The summed E-state index contributed by atoms with van der Waals surface area (Å²) in [7, 11) is 0. The molecule has 1 aromatic carbocycles. The summed E-state index contributed by atoms with van der Waals surface area (Å²) in [6, 6.07) is 5.92. The zero-order chi connectivity index (χ0) is 15.8. The van der Waals surface area contributed by atoms with E-state index >= 15 is 0 Å². The van der Waals surface area contributed by atoms with Crippen molar-refractivity contribution in [3.63, 3.8) is 0 Å². The van der Waals surface area contributed by atoms with Gasteiger partial charge in [-0.2, -0.15) is 5.10 Å². The van der Waals surface area contributed by atoms with Crippen molar-refractivity contribution in [2.75, 3.05) is 31.2 Å². The fourth-order valence-electron chi connectivity index (χ4n) is 2.84. The van der Waals surface area contributed by atoms with Crippen LogP contribution in [0.2, 0.25) is 5.15 Å². The number of ether oxygens (including phenoxy) is 1.